The van der Waals surface area contributed by atoms with Crippen molar-refractivity contribution >= 4 is 24.3 Å². The quantitative estimate of drug-likeness (QED) is 0.438. The van der Waals surface area contributed by atoms with Crippen LogP contribution >= 0.6 is 11.8 Å². The van der Waals surface area contributed by atoms with Crippen molar-refractivity contribution in [3.63, 3.8) is 0 Å². The number of hydrogen-bond acceptors (Lipinski definition) is 3. The van der Waals surface area contributed by atoms with Crippen LogP contribution in [0.1, 0.15) is 26.2 Å². The molecular weight excluding hydrogens is 207 g/mol. The summed E-state index contributed by atoms with van der Waals surface area (Å²) in [7, 11) is -1.36. The fourth-order valence-electron chi connectivity index (χ4n) is 1.28. The number of hydrogen-bond donors (Lipinski definition) is 2. The van der Waals surface area contributed by atoms with Crippen molar-refractivity contribution in [3.8, 4) is 0 Å². The first kappa shape index (κ1) is 12.6. The van der Waals surface area contributed by atoms with Crippen LogP contribution in [0.15, 0.2) is 29.2 Å². The lowest BCUT2D eigenvalue weighted by Gasteiger charge is -2.03. The van der Waals surface area contributed by atoms with E-state index in [1.54, 1.807) is 12.1 Å². The molecule has 2 nitrogen and oxygen atoms in total. The van der Waals surface area contributed by atoms with Crippen LogP contribution in [0.5, 0.6) is 0 Å². The maximum absolute atomic E-state index is 8.91. The van der Waals surface area contributed by atoms with Gasteiger partial charge in [-0.2, -0.15) is 0 Å². The van der Waals surface area contributed by atoms with E-state index in [4.69, 9.17) is 10.0 Å². The summed E-state index contributed by atoms with van der Waals surface area (Å²) in [5.41, 5.74) is 0.549. The van der Waals surface area contributed by atoms with Crippen molar-refractivity contribution < 1.29 is 10.0 Å². The minimum atomic E-state index is -1.36. The molecule has 4 heteroatoms. The Morgan fingerprint density at radius 3 is 2.33 bits per heavy atom. The monoisotopic (exact) mass is 224 g/mol. The molecule has 0 aliphatic heterocycles. The van der Waals surface area contributed by atoms with Crippen LogP contribution < -0.4 is 5.46 Å². The van der Waals surface area contributed by atoms with Crippen LogP contribution in [0.4, 0.5) is 0 Å². The van der Waals surface area contributed by atoms with Crippen LogP contribution in [0.25, 0.3) is 0 Å². The average Bonchev–Trinajstić information content (AvgIpc) is 2.25. The van der Waals surface area contributed by atoms with Crippen LogP contribution in [-0.2, 0) is 0 Å². The Kier molecular flexibility index (Phi) is 5.83. The number of rotatable bonds is 6. The van der Waals surface area contributed by atoms with Gasteiger partial charge >= 0.3 is 7.12 Å². The van der Waals surface area contributed by atoms with E-state index in [0.29, 0.717) is 5.46 Å². The molecule has 0 bridgehead atoms. The van der Waals surface area contributed by atoms with Gasteiger partial charge in [0.25, 0.3) is 0 Å². The summed E-state index contributed by atoms with van der Waals surface area (Å²) in [6.07, 6.45) is 3.77. The zero-order valence-electron chi connectivity index (χ0n) is 9.02. The van der Waals surface area contributed by atoms with Crippen molar-refractivity contribution in [2.45, 2.75) is 31.1 Å². The van der Waals surface area contributed by atoms with E-state index in [9.17, 15) is 0 Å². The Bertz CT molecular complexity index is 274. The zero-order valence-corrected chi connectivity index (χ0v) is 9.83. The van der Waals surface area contributed by atoms with Crippen molar-refractivity contribution in [1.82, 2.24) is 0 Å². The molecular formula is C11H17BO2S. The molecule has 0 radical (unpaired) electrons. The fourth-order valence-corrected chi connectivity index (χ4v) is 2.19. The lowest BCUT2D eigenvalue weighted by Crippen LogP contribution is -2.29. The maximum Gasteiger partial charge on any atom is 0.488 e. The molecule has 15 heavy (non-hydrogen) atoms. The highest BCUT2D eigenvalue weighted by Crippen LogP contribution is 2.18. The molecule has 0 amide bonds. The fraction of sp³-hybridized carbons (Fsp3) is 0.455. The molecule has 1 aromatic carbocycles. The third-order valence-electron chi connectivity index (χ3n) is 2.19. The van der Waals surface area contributed by atoms with Gasteiger partial charge in [-0.1, -0.05) is 31.9 Å². The Hall–Kier alpha value is -0.445. The van der Waals surface area contributed by atoms with E-state index in [2.05, 4.69) is 6.92 Å². The standard InChI is InChI=1S/C11H17BO2S/c1-2-3-4-9-15-11-7-5-10(6-8-11)12(13)14/h5-8,13-14H,2-4,9H2,1H3. The largest absolute Gasteiger partial charge is 0.488 e. The lowest BCUT2D eigenvalue weighted by molar-refractivity contribution is 0.426. The predicted octanol–water partition coefficient (Wildman–Crippen LogP) is 1.65. The molecule has 0 atom stereocenters. The molecule has 0 aromatic heterocycles. The van der Waals surface area contributed by atoms with Gasteiger partial charge in [0.2, 0.25) is 0 Å². The van der Waals surface area contributed by atoms with E-state index in [1.165, 1.54) is 24.2 Å². The van der Waals surface area contributed by atoms with Gasteiger partial charge in [0.15, 0.2) is 0 Å². The van der Waals surface area contributed by atoms with Crippen LogP contribution in [-0.4, -0.2) is 22.9 Å². The Balaban J connectivity index is 2.36. The molecule has 1 aromatic rings. The van der Waals surface area contributed by atoms with Gasteiger partial charge in [0.1, 0.15) is 0 Å². The highest BCUT2D eigenvalue weighted by atomic mass is 32.2. The molecule has 0 spiro atoms. The summed E-state index contributed by atoms with van der Waals surface area (Å²) in [5, 5.41) is 17.8. The number of unbranched alkanes of at least 4 members (excludes halogenated alkanes) is 2. The minimum Gasteiger partial charge on any atom is -0.423 e. The summed E-state index contributed by atoms with van der Waals surface area (Å²) in [6.45, 7) is 2.20. The zero-order chi connectivity index (χ0) is 11.1. The Morgan fingerprint density at radius 1 is 1.13 bits per heavy atom. The van der Waals surface area contributed by atoms with Gasteiger partial charge in [-0.15, -0.1) is 11.8 Å². The van der Waals surface area contributed by atoms with Crippen molar-refractivity contribution in [3.05, 3.63) is 24.3 Å². The van der Waals surface area contributed by atoms with E-state index in [-0.39, 0.29) is 0 Å². The van der Waals surface area contributed by atoms with Crippen molar-refractivity contribution in [2.75, 3.05) is 5.75 Å². The second-order valence-corrected chi connectivity index (χ2v) is 4.67. The van der Waals surface area contributed by atoms with Crippen molar-refractivity contribution in [1.29, 1.82) is 0 Å². The normalized spacial score (nSPS) is 10.3. The van der Waals surface area contributed by atoms with Crippen LogP contribution in [0, 0.1) is 0 Å². The summed E-state index contributed by atoms with van der Waals surface area (Å²) >= 11 is 1.82. The molecule has 0 aliphatic rings. The third kappa shape index (κ3) is 4.73. The molecule has 2 N–H and O–H groups in total. The van der Waals surface area contributed by atoms with Gasteiger partial charge in [-0.05, 0) is 29.8 Å². The van der Waals surface area contributed by atoms with Gasteiger partial charge in [-0.25, -0.2) is 0 Å². The summed E-state index contributed by atoms with van der Waals surface area (Å²) < 4.78 is 0. The van der Waals surface area contributed by atoms with Gasteiger partial charge in [0.05, 0.1) is 0 Å². The molecule has 0 saturated carbocycles. The number of thioether (sulfide) groups is 1. The Labute approximate surface area is 95.9 Å². The van der Waals surface area contributed by atoms with Gasteiger partial charge < -0.3 is 10.0 Å². The highest BCUT2D eigenvalue weighted by molar-refractivity contribution is 7.99. The smallest absolute Gasteiger partial charge is 0.423 e. The second-order valence-electron chi connectivity index (χ2n) is 3.50. The third-order valence-corrected chi connectivity index (χ3v) is 3.29. The SMILES string of the molecule is CCCCCSc1ccc(B(O)O)cc1. The predicted molar refractivity (Wildman–Crippen MR) is 66.5 cm³/mol. The van der Waals surface area contributed by atoms with E-state index in [1.807, 2.05) is 23.9 Å². The highest BCUT2D eigenvalue weighted by Gasteiger charge is 2.09. The first-order valence-corrected chi connectivity index (χ1v) is 6.31. The summed E-state index contributed by atoms with van der Waals surface area (Å²) in [6, 6.07) is 7.39. The summed E-state index contributed by atoms with van der Waals surface area (Å²) in [4.78, 5) is 1.19. The summed E-state index contributed by atoms with van der Waals surface area (Å²) in [5.74, 6) is 1.13. The molecule has 0 unspecified atom stereocenters. The van der Waals surface area contributed by atoms with Gasteiger partial charge in [0, 0.05) is 4.90 Å². The molecule has 0 heterocycles. The molecule has 0 fully saturated rings. The second kappa shape index (κ2) is 6.93. The topological polar surface area (TPSA) is 40.5 Å². The van der Waals surface area contributed by atoms with Crippen molar-refractivity contribution in [2.24, 2.45) is 0 Å². The average molecular weight is 224 g/mol. The van der Waals surface area contributed by atoms with Gasteiger partial charge in [-0.3, -0.25) is 0 Å². The molecule has 1 rings (SSSR count). The maximum atomic E-state index is 8.91. The van der Waals surface area contributed by atoms with E-state index in [0.717, 1.165) is 5.75 Å². The van der Waals surface area contributed by atoms with Crippen LogP contribution in [0.3, 0.4) is 0 Å². The van der Waals surface area contributed by atoms with E-state index < -0.39 is 7.12 Å². The molecule has 82 valence electrons. The molecule has 0 aliphatic carbocycles. The number of benzene rings is 1. The van der Waals surface area contributed by atoms with Crippen LogP contribution in [0.2, 0.25) is 0 Å². The Morgan fingerprint density at radius 2 is 1.80 bits per heavy atom. The van der Waals surface area contributed by atoms with E-state index >= 15 is 0 Å². The first-order chi connectivity index (χ1) is 7.24. The first-order valence-electron chi connectivity index (χ1n) is 5.33. The lowest BCUT2D eigenvalue weighted by atomic mass is 9.81. The minimum absolute atomic E-state index is 0.549. The molecule has 0 saturated heterocycles.